The molecular weight excluding hydrogens is 857 g/mol. The van der Waals surface area contributed by atoms with E-state index in [-0.39, 0.29) is 67.7 Å². The van der Waals surface area contributed by atoms with Crippen LogP contribution in [0.3, 0.4) is 0 Å². The molecule has 0 aliphatic carbocycles. The number of oxazole rings is 1. The van der Waals surface area contributed by atoms with Gasteiger partial charge in [0.1, 0.15) is 53.7 Å². The predicted octanol–water partition coefficient (Wildman–Crippen LogP) is 4.88. The number of carbonyl (C=O) groups excluding carboxylic acids is 4. The van der Waals surface area contributed by atoms with Crippen LogP contribution in [0.1, 0.15) is 55.4 Å². The second kappa shape index (κ2) is 20.8. The number of fused-ring (bicyclic) bond motifs is 1. The minimum Gasteiger partial charge on any atom is -0.490 e. The molecule has 4 aromatic heterocycles. The Hall–Kier alpha value is -6.83. The number of thiazole rings is 1. The van der Waals surface area contributed by atoms with Gasteiger partial charge in [0, 0.05) is 32.3 Å². The van der Waals surface area contributed by atoms with E-state index in [4.69, 9.17) is 23.4 Å². The molecule has 0 radical (unpaired) electrons. The Kier molecular flexibility index (Phi) is 14.8. The number of pyridine rings is 1. The van der Waals surface area contributed by atoms with Crippen LogP contribution in [0.25, 0.3) is 33.1 Å². The SMILES string of the molecule is Cc1ncsc1-c1ccc(CNC(=O)[C@@H]2CCCN2C(=O)C(NC(=O)COCCOCCOc2ccc(C(=O)Oc3ccc4oc(-c5ccc(=O)n(C)n5)nc4c3)nc2)C(C)(C)C)cc1. The number of aryl methyl sites for hydroxylation is 2. The van der Waals surface area contributed by atoms with Gasteiger partial charge in [-0.2, -0.15) is 5.10 Å². The van der Waals surface area contributed by atoms with Crippen molar-refractivity contribution in [2.75, 3.05) is 39.6 Å². The zero-order chi connectivity index (χ0) is 46.1. The van der Waals surface area contributed by atoms with Crippen molar-refractivity contribution in [2.24, 2.45) is 12.5 Å². The Labute approximate surface area is 378 Å². The minimum atomic E-state index is -0.874. The van der Waals surface area contributed by atoms with Crippen molar-refractivity contribution in [2.45, 2.75) is 59.2 Å². The van der Waals surface area contributed by atoms with Crippen LogP contribution in [0, 0.1) is 12.3 Å². The van der Waals surface area contributed by atoms with Crippen LogP contribution < -0.4 is 25.7 Å². The second-order valence-corrected chi connectivity index (χ2v) is 17.2. The van der Waals surface area contributed by atoms with Crippen LogP contribution in [0.2, 0.25) is 0 Å². The number of nitrogens with zero attached hydrogens (tertiary/aromatic N) is 6. The Morgan fingerprint density at radius 3 is 2.43 bits per heavy atom. The summed E-state index contributed by atoms with van der Waals surface area (Å²) in [6, 6.07) is 17.1. The Balaban J connectivity index is 0.785. The zero-order valence-electron chi connectivity index (χ0n) is 36.7. The van der Waals surface area contributed by atoms with Crippen LogP contribution in [-0.4, -0.2) is 105 Å². The van der Waals surface area contributed by atoms with Gasteiger partial charge in [0.2, 0.25) is 23.6 Å². The van der Waals surface area contributed by atoms with Gasteiger partial charge in [-0.3, -0.25) is 19.2 Å². The highest BCUT2D eigenvalue weighted by Gasteiger charge is 2.41. The molecule has 0 bridgehead atoms. The number of likely N-dealkylation sites (tertiary alicyclic amines) is 1. The van der Waals surface area contributed by atoms with E-state index in [1.807, 2.05) is 57.5 Å². The fourth-order valence-corrected chi connectivity index (χ4v) is 7.84. The molecule has 1 fully saturated rings. The molecule has 7 rings (SSSR count). The summed E-state index contributed by atoms with van der Waals surface area (Å²) in [5, 5.41) is 9.98. The van der Waals surface area contributed by atoms with Crippen LogP contribution in [-0.2, 0) is 37.4 Å². The highest BCUT2D eigenvalue weighted by atomic mass is 32.1. The normalized spacial score (nSPS) is 14.3. The van der Waals surface area contributed by atoms with Crippen molar-refractivity contribution >= 4 is 46.1 Å². The van der Waals surface area contributed by atoms with Gasteiger partial charge in [-0.25, -0.2) is 24.4 Å². The van der Waals surface area contributed by atoms with E-state index in [2.05, 4.69) is 30.7 Å². The number of hydrogen-bond donors (Lipinski definition) is 2. The summed E-state index contributed by atoms with van der Waals surface area (Å²) in [5.74, 6) is -0.826. The van der Waals surface area contributed by atoms with Gasteiger partial charge in [-0.05, 0) is 66.6 Å². The number of hydrogen-bond acceptors (Lipinski definition) is 15. The van der Waals surface area contributed by atoms with Gasteiger partial charge in [-0.15, -0.1) is 11.3 Å². The lowest BCUT2D eigenvalue weighted by atomic mass is 9.85. The summed E-state index contributed by atoms with van der Waals surface area (Å²) >= 11 is 1.58. The van der Waals surface area contributed by atoms with Crippen molar-refractivity contribution < 1.29 is 42.5 Å². The van der Waals surface area contributed by atoms with Crippen molar-refractivity contribution in [1.29, 1.82) is 0 Å². The van der Waals surface area contributed by atoms with Crippen LogP contribution >= 0.6 is 11.3 Å². The Morgan fingerprint density at radius 2 is 1.71 bits per heavy atom. The molecule has 2 N–H and O–H groups in total. The first-order valence-corrected chi connectivity index (χ1v) is 21.9. The molecule has 2 atom stereocenters. The molecule has 18 nitrogen and oxygen atoms in total. The summed E-state index contributed by atoms with van der Waals surface area (Å²) in [6.07, 6.45) is 2.61. The van der Waals surface area contributed by atoms with Crippen molar-refractivity contribution in [3.05, 3.63) is 106 Å². The highest BCUT2D eigenvalue weighted by Crippen LogP contribution is 2.29. The van der Waals surface area contributed by atoms with E-state index in [0.717, 1.165) is 21.7 Å². The standard InChI is InChI=1S/C46H50N8O10S/c1-28-40(65-27-49-28)30-10-8-29(9-11-30)24-48-42(57)36-7-6-18-54(36)44(58)41(46(2,3)4)51-38(55)26-61-20-19-60-21-22-62-32-12-14-34(47-25-32)45(59)63-31-13-16-37-35(23-31)50-43(64-37)33-15-17-39(56)53(5)52-33/h8-17,23,25,27,36,41H,6-7,18-22,24,26H2,1-5H3,(H,48,57)(H,51,55)/t36-,41?/m0/s1. The maximum atomic E-state index is 13.9. The fourth-order valence-electron chi connectivity index (χ4n) is 7.03. The largest absolute Gasteiger partial charge is 0.490 e. The van der Waals surface area contributed by atoms with Crippen LogP contribution in [0.15, 0.2) is 87.6 Å². The molecule has 1 aliphatic heterocycles. The van der Waals surface area contributed by atoms with E-state index >= 15 is 0 Å². The van der Waals surface area contributed by atoms with Crippen LogP contribution in [0.5, 0.6) is 11.5 Å². The van der Waals surface area contributed by atoms with Crippen molar-refractivity contribution in [3.63, 3.8) is 0 Å². The third kappa shape index (κ3) is 11.9. The molecule has 340 valence electrons. The topological polar surface area (TPSA) is 219 Å². The van der Waals surface area contributed by atoms with Gasteiger partial charge >= 0.3 is 5.97 Å². The van der Waals surface area contributed by atoms with E-state index in [9.17, 15) is 24.0 Å². The Morgan fingerprint density at radius 1 is 0.938 bits per heavy atom. The third-order valence-electron chi connectivity index (χ3n) is 10.5. The summed E-state index contributed by atoms with van der Waals surface area (Å²) in [6.45, 7) is 8.75. The van der Waals surface area contributed by atoms with Gasteiger partial charge in [-0.1, -0.05) is 45.0 Å². The summed E-state index contributed by atoms with van der Waals surface area (Å²) < 4.78 is 29.2. The fraction of sp³-hybridized carbons (Fsp3) is 0.370. The quantitative estimate of drug-likeness (QED) is 0.0667. The highest BCUT2D eigenvalue weighted by molar-refractivity contribution is 7.13. The maximum Gasteiger partial charge on any atom is 0.362 e. The molecule has 5 heterocycles. The lowest BCUT2D eigenvalue weighted by molar-refractivity contribution is -0.144. The first-order valence-electron chi connectivity index (χ1n) is 21.0. The number of carbonyl (C=O) groups is 4. The summed E-state index contributed by atoms with van der Waals surface area (Å²) in [7, 11) is 1.53. The molecule has 6 aromatic rings. The molecule has 1 saturated heterocycles. The lowest BCUT2D eigenvalue weighted by Gasteiger charge is -2.35. The van der Waals surface area contributed by atoms with E-state index in [0.29, 0.717) is 48.5 Å². The molecule has 1 aliphatic rings. The second-order valence-electron chi connectivity index (χ2n) is 16.3. The molecule has 3 amide bonds. The van der Waals surface area contributed by atoms with Crippen LogP contribution in [0.4, 0.5) is 0 Å². The molecule has 2 aromatic carbocycles. The molecule has 0 spiro atoms. The first kappa shape index (κ1) is 46.2. The van der Waals surface area contributed by atoms with Gasteiger partial charge in [0.05, 0.1) is 42.1 Å². The molecular formula is C46H50N8O10S. The predicted molar refractivity (Wildman–Crippen MR) is 239 cm³/mol. The van der Waals surface area contributed by atoms with Gasteiger partial charge in [0.25, 0.3) is 5.56 Å². The Bertz CT molecular complexity index is 2690. The lowest BCUT2D eigenvalue weighted by Crippen LogP contribution is -2.58. The molecule has 19 heteroatoms. The zero-order valence-corrected chi connectivity index (χ0v) is 37.5. The van der Waals surface area contributed by atoms with E-state index < -0.39 is 29.4 Å². The number of rotatable bonds is 18. The summed E-state index contributed by atoms with van der Waals surface area (Å²) in [5.41, 5.74) is 5.23. The van der Waals surface area contributed by atoms with E-state index in [1.54, 1.807) is 40.5 Å². The number of esters is 1. The average Bonchev–Trinajstić information content (AvgIpc) is 4.07. The van der Waals surface area contributed by atoms with Crippen molar-refractivity contribution in [3.8, 4) is 33.5 Å². The maximum absolute atomic E-state index is 13.9. The third-order valence-corrected chi connectivity index (χ3v) is 11.5. The molecule has 65 heavy (non-hydrogen) atoms. The number of aromatic nitrogens is 5. The molecule has 0 saturated carbocycles. The number of nitrogens with one attached hydrogen (secondary N) is 2. The smallest absolute Gasteiger partial charge is 0.362 e. The molecule has 1 unspecified atom stereocenters. The number of ether oxygens (including phenoxy) is 4. The van der Waals surface area contributed by atoms with Gasteiger partial charge < -0.3 is 38.9 Å². The van der Waals surface area contributed by atoms with Gasteiger partial charge in [0.15, 0.2) is 5.58 Å². The van der Waals surface area contributed by atoms with Crippen molar-refractivity contribution in [1.82, 2.24) is 40.3 Å². The number of benzene rings is 2. The monoisotopic (exact) mass is 906 g/mol. The number of amides is 3. The minimum absolute atomic E-state index is 0.0584. The average molecular weight is 907 g/mol. The van der Waals surface area contributed by atoms with E-state index in [1.165, 1.54) is 36.1 Å². The first-order chi connectivity index (χ1) is 31.2. The summed E-state index contributed by atoms with van der Waals surface area (Å²) in [4.78, 5) is 80.2.